The lowest BCUT2D eigenvalue weighted by atomic mass is 10.00. The SMILES string of the molecule is COc1cncc(C(CCc2cccc(C)c2)NN)c1. The van der Waals surface area contributed by atoms with Gasteiger partial charge >= 0.3 is 0 Å². The van der Waals surface area contributed by atoms with E-state index in [-0.39, 0.29) is 6.04 Å². The Morgan fingerprint density at radius 3 is 2.85 bits per heavy atom. The fourth-order valence-electron chi connectivity index (χ4n) is 2.26. The molecule has 2 rings (SSSR count). The van der Waals surface area contributed by atoms with Crippen LogP contribution in [0.3, 0.4) is 0 Å². The van der Waals surface area contributed by atoms with Crippen LogP contribution >= 0.6 is 0 Å². The molecule has 0 radical (unpaired) electrons. The molecule has 1 aromatic carbocycles. The minimum atomic E-state index is 0.0677. The van der Waals surface area contributed by atoms with E-state index in [1.807, 2.05) is 12.3 Å². The predicted octanol–water partition coefficient (Wildman–Crippen LogP) is 2.54. The topological polar surface area (TPSA) is 60.2 Å². The molecule has 0 aliphatic rings. The zero-order chi connectivity index (χ0) is 14.4. The molecule has 1 aromatic heterocycles. The number of ether oxygens (including phenoxy) is 1. The second kappa shape index (κ2) is 7.03. The van der Waals surface area contributed by atoms with Crippen LogP contribution in [0.15, 0.2) is 42.7 Å². The van der Waals surface area contributed by atoms with Crippen LogP contribution in [-0.2, 0) is 6.42 Å². The van der Waals surface area contributed by atoms with Gasteiger partial charge in [-0.2, -0.15) is 0 Å². The minimum Gasteiger partial charge on any atom is -0.495 e. The molecule has 1 atom stereocenters. The molecule has 2 aromatic rings. The van der Waals surface area contributed by atoms with Gasteiger partial charge in [0.2, 0.25) is 0 Å². The number of rotatable bonds is 6. The van der Waals surface area contributed by atoms with Crippen molar-refractivity contribution in [3.63, 3.8) is 0 Å². The van der Waals surface area contributed by atoms with Gasteiger partial charge in [-0.1, -0.05) is 29.8 Å². The lowest BCUT2D eigenvalue weighted by Gasteiger charge is -2.16. The van der Waals surface area contributed by atoms with Crippen molar-refractivity contribution in [2.45, 2.75) is 25.8 Å². The first kappa shape index (κ1) is 14.5. The van der Waals surface area contributed by atoms with E-state index < -0.39 is 0 Å². The molecule has 0 saturated carbocycles. The van der Waals surface area contributed by atoms with E-state index in [0.29, 0.717) is 0 Å². The maximum atomic E-state index is 5.67. The third kappa shape index (κ3) is 3.79. The monoisotopic (exact) mass is 271 g/mol. The molecule has 0 aliphatic carbocycles. The fraction of sp³-hybridized carbons (Fsp3) is 0.312. The molecule has 1 heterocycles. The average Bonchev–Trinajstić information content (AvgIpc) is 2.48. The highest BCUT2D eigenvalue weighted by Gasteiger charge is 2.11. The highest BCUT2D eigenvalue weighted by Crippen LogP contribution is 2.21. The summed E-state index contributed by atoms with van der Waals surface area (Å²) in [5.74, 6) is 6.42. The van der Waals surface area contributed by atoms with Gasteiger partial charge in [-0.15, -0.1) is 0 Å². The Bertz CT molecular complexity index is 557. The fourth-order valence-corrected chi connectivity index (χ4v) is 2.26. The lowest BCUT2D eigenvalue weighted by Crippen LogP contribution is -2.28. The molecule has 0 bridgehead atoms. The van der Waals surface area contributed by atoms with Gasteiger partial charge in [-0.3, -0.25) is 16.3 Å². The van der Waals surface area contributed by atoms with Crippen LogP contribution in [0.5, 0.6) is 5.75 Å². The summed E-state index contributed by atoms with van der Waals surface area (Å²) in [6, 6.07) is 10.6. The van der Waals surface area contributed by atoms with Crippen molar-refractivity contribution in [2.75, 3.05) is 7.11 Å². The van der Waals surface area contributed by atoms with Crippen molar-refractivity contribution in [2.24, 2.45) is 5.84 Å². The third-order valence-electron chi connectivity index (χ3n) is 3.38. The molecule has 1 unspecified atom stereocenters. The quantitative estimate of drug-likeness (QED) is 0.626. The van der Waals surface area contributed by atoms with Gasteiger partial charge in [-0.25, -0.2) is 0 Å². The first-order chi connectivity index (χ1) is 9.72. The molecule has 4 nitrogen and oxygen atoms in total. The first-order valence-electron chi connectivity index (χ1n) is 6.73. The van der Waals surface area contributed by atoms with E-state index in [2.05, 4.69) is 41.6 Å². The van der Waals surface area contributed by atoms with Crippen molar-refractivity contribution < 1.29 is 4.74 Å². The van der Waals surface area contributed by atoms with Crippen LogP contribution < -0.4 is 16.0 Å². The number of methoxy groups -OCH3 is 1. The van der Waals surface area contributed by atoms with E-state index in [0.717, 1.165) is 24.2 Å². The van der Waals surface area contributed by atoms with Crippen molar-refractivity contribution in [3.05, 3.63) is 59.4 Å². The Balaban J connectivity index is 2.05. The Kier molecular flexibility index (Phi) is 5.09. The zero-order valence-corrected chi connectivity index (χ0v) is 12.0. The van der Waals surface area contributed by atoms with E-state index in [9.17, 15) is 0 Å². The van der Waals surface area contributed by atoms with E-state index in [1.54, 1.807) is 13.3 Å². The minimum absolute atomic E-state index is 0.0677. The lowest BCUT2D eigenvalue weighted by molar-refractivity contribution is 0.410. The summed E-state index contributed by atoms with van der Waals surface area (Å²) in [6.07, 6.45) is 5.39. The maximum absolute atomic E-state index is 5.67. The Hall–Kier alpha value is -1.91. The van der Waals surface area contributed by atoms with Crippen LogP contribution in [0.25, 0.3) is 0 Å². The van der Waals surface area contributed by atoms with Gasteiger partial charge in [-0.05, 0) is 37.0 Å². The number of nitrogens with zero attached hydrogens (tertiary/aromatic N) is 1. The van der Waals surface area contributed by atoms with Crippen molar-refractivity contribution in [3.8, 4) is 5.75 Å². The molecule has 0 saturated heterocycles. The summed E-state index contributed by atoms with van der Waals surface area (Å²) in [7, 11) is 1.64. The van der Waals surface area contributed by atoms with Gasteiger partial charge in [0.1, 0.15) is 5.75 Å². The van der Waals surface area contributed by atoms with Crippen LogP contribution in [0, 0.1) is 6.92 Å². The van der Waals surface area contributed by atoms with Gasteiger partial charge in [0.25, 0.3) is 0 Å². The Labute approximate surface area is 120 Å². The normalized spacial score (nSPS) is 12.2. The molecule has 4 heteroatoms. The Morgan fingerprint density at radius 2 is 2.15 bits per heavy atom. The number of hydrazine groups is 1. The van der Waals surface area contributed by atoms with Crippen LogP contribution in [0.1, 0.15) is 29.2 Å². The number of aromatic nitrogens is 1. The number of aryl methyl sites for hydroxylation is 2. The molecular weight excluding hydrogens is 250 g/mol. The highest BCUT2D eigenvalue weighted by molar-refractivity contribution is 5.27. The number of pyridine rings is 1. The van der Waals surface area contributed by atoms with Crippen molar-refractivity contribution in [1.29, 1.82) is 0 Å². The summed E-state index contributed by atoms with van der Waals surface area (Å²) < 4.78 is 5.20. The standard InChI is InChI=1S/C16H21N3O/c1-12-4-3-5-13(8-12)6-7-16(19-17)14-9-15(20-2)11-18-10-14/h3-5,8-11,16,19H,6-7,17H2,1-2H3. The molecule has 0 amide bonds. The van der Waals surface area contributed by atoms with Crippen molar-refractivity contribution in [1.82, 2.24) is 10.4 Å². The molecule has 20 heavy (non-hydrogen) atoms. The zero-order valence-electron chi connectivity index (χ0n) is 12.0. The molecule has 0 fully saturated rings. The molecular formula is C16H21N3O. The second-order valence-corrected chi connectivity index (χ2v) is 4.91. The van der Waals surface area contributed by atoms with Gasteiger partial charge in [0.15, 0.2) is 0 Å². The largest absolute Gasteiger partial charge is 0.495 e. The second-order valence-electron chi connectivity index (χ2n) is 4.91. The summed E-state index contributed by atoms with van der Waals surface area (Å²) >= 11 is 0. The smallest absolute Gasteiger partial charge is 0.137 e. The number of hydrogen-bond acceptors (Lipinski definition) is 4. The number of hydrogen-bond donors (Lipinski definition) is 2. The van der Waals surface area contributed by atoms with Gasteiger partial charge < -0.3 is 4.74 Å². The third-order valence-corrected chi connectivity index (χ3v) is 3.38. The van der Waals surface area contributed by atoms with E-state index >= 15 is 0 Å². The maximum Gasteiger partial charge on any atom is 0.137 e. The van der Waals surface area contributed by atoms with Crippen LogP contribution in [0.4, 0.5) is 0 Å². The molecule has 106 valence electrons. The van der Waals surface area contributed by atoms with Crippen LogP contribution in [-0.4, -0.2) is 12.1 Å². The van der Waals surface area contributed by atoms with Gasteiger partial charge in [0.05, 0.1) is 13.3 Å². The molecule has 0 aliphatic heterocycles. The molecule has 0 spiro atoms. The summed E-state index contributed by atoms with van der Waals surface area (Å²) in [5, 5.41) is 0. The van der Waals surface area contributed by atoms with Gasteiger partial charge in [0, 0.05) is 12.2 Å². The van der Waals surface area contributed by atoms with Crippen molar-refractivity contribution >= 4 is 0 Å². The summed E-state index contributed by atoms with van der Waals surface area (Å²) in [5.41, 5.74) is 6.50. The van der Waals surface area contributed by atoms with E-state index in [4.69, 9.17) is 10.6 Å². The highest BCUT2D eigenvalue weighted by atomic mass is 16.5. The van der Waals surface area contributed by atoms with Crippen LogP contribution in [0.2, 0.25) is 0 Å². The average molecular weight is 271 g/mol. The number of nitrogens with one attached hydrogen (secondary N) is 1. The summed E-state index contributed by atoms with van der Waals surface area (Å²) in [6.45, 7) is 2.11. The number of benzene rings is 1. The summed E-state index contributed by atoms with van der Waals surface area (Å²) in [4.78, 5) is 4.17. The Morgan fingerprint density at radius 1 is 1.30 bits per heavy atom. The number of nitrogens with two attached hydrogens (primary N) is 1. The molecule has 3 N–H and O–H groups in total. The predicted molar refractivity (Wildman–Crippen MR) is 80.4 cm³/mol. The van der Waals surface area contributed by atoms with E-state index in [1.165, 1.54) is 11.1 Å². The first-order valence-corrected chi connectivity index (χ1v) is 6.73.